The van der Waals surface area contributed by atoms with Gasteiger partial charge in [0.05, 0.1) is 0 Å². The van der Waals surface area contributed by atoms with E-state index < -0.39 is 0 Å². The lowest BCUT2D eigenvalue weighted by atomic mass is 10.1. The molecule has 1 aliphatic rings. The van der Waals surface area contributed by atoms with E-state index in [0.717, 1.165) is 13.0 Å². The van der Waals surface area contributed by atoms with Crippen LogP contribution in [0.3, 0.4) is 0 Å². The maximum Gasteiger partial charge on any atom is 0.0421 e. The van der Waals surface area contributed by atoms with Crippen LogP contribution in [0.5, 0.6) is 0 Å². The number of aliphatic imine (C=N–C) groups is 1. The zero-order valence-corrected chi connectivity index (χ0v) is 8.60. The summed E-state index contributed by atoms with van der Waals surface area (Å²) in [6.07, 6.45) is 4.47. The van der Waals surface area contributed by atoms with Gasteiger partial charge in [-0.3, -0.25) is 4.99 Å². The van der Waals surface area contributed by atoms with Crippen LogP contribution in [-0.2, 0) is 0 Å². The van der Waals surface area contributed by atoms with Crippen molar-refractivity contribution >= 4 is 17.5 Å². The van der Waals surface area contributed by atoms with Crippen molar-refractivity contribution in [3.63, 3.8) is 0 Å². The smallest absolute Gasteiger partial charge is 0.0421 e. The maximum absolute atomic E-state index is 4.47. The van der Waals surface area contributed by atoms with Gasteiger partial charge in [-0.25, -0.2) is 0 Å². The first-order chi connectivity index (χ1) is 6.40. The Labute approximate surface area is 83.3 Å². The summed E-state index contributed by atoms with van der Waals surface area (Å²) in [5.74, 6) is 0. The average molecular weight is 191 g/mol. The van der Waals surface area contributed by atoms with E-state index in [2.05, 4.69) is 35.5 Å². The molecular weight excluding hydrogens is 178 g/mol. The van der Waals surface area contributed by atoms with E-state index in [4.69, 9.17) is 0 Å². The third-order valence-electron chi connectivity index (χ3n) is 2.30. The van der Waals surface area contributed by atoms with Gasteiger partial charge in [-0.05, 0) is 36.8 Å². The van der Waals surface area contributed by atoms with Crippen molar-refractivity contribution in [1.82, 2.24) is 0 Å². The molecule has 0 atom stereocenters. The molecule has 0 spiro atoms. The summed E-state index contributed by atoms with van der Waals surface area (Å²) >= 11 is 1.78. The van der Waals surface area contributed by atoms with Crippen LogP contribution in [0.4, 0.5) is 0 Å². The van der Waals surface area contributed by atoms with Crippen molar-refractivity contribution < 1.29 is 0 Å². The number of nitrogens with zero attached hydrogens (tertiary/aromatic N) is 1. The second-order valence-electron chi connectivity index (χ2n) is 3.16. The second-order valence-corrected chi connectivity index (χ2v) is 4.04. The molecule has 1 nitrogen and oxygen atoms in total. The molecule has 0 unspecified atom stereocenters. The van der Waals surface area contributed by atoms with Crippen LogP contribution in [0.1, 0.15) is 18.4 Å². The molecule has 0 N–H and O–H groups in total. The molecule has 0 aliphatic carbocycles. The Morgan fingerprint density at radius 3 is 2.54 bits per heavy atom. The zero-order valence-electron chi connectivity index (χ0n) is 7.79. The van der Waals surface area contributed by atoms with Gasteiger partial charge >= 0.3 is 0 Å². The van der Waals surface area contributed by atoms with Gasteiger partial charge in [0.2, 0.25) is 0 Å². The van der Waals surface area contributed by atoms with E-state index in [1.807, 2.05) is 0 Å². The highest BCUT2D eigenvalue weighted by Gasteiger charge is 2.07. The number of hydrogen-bond acceptors (Lipinski definition) is 2. The maximum atomic E-state index is 4.47. The van der Waals surface area contributed by atoms with E-state index >= 15 is 0 Å². The van der Waals surface area contributed by atoms with Crippen LogP contribution in [-0.4, -0.2) is 18.5 Å². The number of hydrogen-bond donors (Lipinski definition) is 0. The summed E-state index contributed by atoms with van der Waals surface area (Å²) in [5.41, 5.74) is 2.59. The second kappa shape index (κ2) is 3.97. The minimum atomic E-state index is 1.01. The molecule has 0 aromatic heterocycles. The van der Waals surface area contributed by atoms with Crippen molar-refractivity contribution in [1.29, 1.82) is 0 Å². The first-order valence-electron chi connectivity index (χ1n) is 4.58. The normalized spacial score (nSPS) is 15.9. The molecule has 0 amide bonds. The predicted octanol–water partition coefficient (Wildman–Crippen LogP) is 2.99. The topological polar surface area (TPSA) is 12.4 Å². The summed E-state index contributed by atoms with van der Waals surface area (Å²) in [7, 11) is 0. The average Bonchev–Trinajstić information content (AvgIpc) is 2.71. The SMILES string of the molecule is CSc1ccc(C2=NCCC2)cc1. The molecule has 68 valence electrons. The molecule has 2 rings (SSSR count). The third kappa shape index (κ3) is 1.94. The van der Waals surface area contributed by atoms with Crippen LogP contribution >= 0.6 is 11.8 Å². The van der Waals surface area contributed by atoms with Crippen LogP contribution in [0.2, 0.25) is 0 Å². The predicted molar refractivity (Wildman–Crippen MR) is 58.9 cm³/mol. The van der Waals surface area contributed by atoms with Crippen molar-refractivity contribution in [3.8, 4) is 0 Å². The van der Waals surface area contributed by atoms with E-state index in [0.29, 0.717) is 0 Å². The molecule has 0 bridgehead atoms. The molecule has 1 aromatic rings. The van der Waals surface area contributed by atoms with Gasteiger partial charge in [0.15, 0.2) is 0 Å². The molecular formula is C11H13NS. The van der Waals surface area contributed by atoms with Gasteiger partial charge in [0, 0.05) is 17.2 Å². The quantitative estimate of drug-likeness (QED) is 0.655. The molecule has 1 aromatic carbocycles. The van der Waals surface area contributed by atoms with Gasteiger partial charge in [-0.15, -0.1) is 11.8 Å². The van der Waals surface area contributed by atoms with Crippen LogP contribution in [0.15, 0.2) is 34.2 Å². The molecule has 0 fully saturated rings. The van der Waals surface area contributed by atoms with Crippen molar-refractivity contribution in [2.45, 2.75) is 17.7 Å². The molecule has 2 heteroatoms. The van der Waals surface area contributed by atoms with Gasteiger partial charge in [-0.1, -0.05) is 12.1 Å². The summed E-state index contributed by atoms with van der Waals surface area (Å²) in [6, 6.07) is 8.69. The fourth-order valence-corrected chi connectivity index (χ4v) is 1.97. The lowest BCUT2D eigenvalue weighted by Gasteiger charge is -2.01. The van der Waals surface area contributed by atoms with Crippen LogP contribution < -0.4 is 0 Å². The minimum absolute atomic E-state index is 1.01. The molecule has 0 radical (unpaired) electrons. The number of benzene rings is 1. The van der Waals surface area contributed by atoms with Gasteiger partial charge in [0.1, 0.15) is 0 Å². The molecule has 1 heterocycles. The van der Waals surface area contributed by atoms with E-state index in [-0.39, 0.29) is 0 Å². The molecule has 13 heavy (non-hydrogen) atoms. The highest BCUT2D eigenvalue weighted by atomic mass is 32.2. The first kappa shape index (κ1) is 8.82. The molecule has 0 saturated heterocycles. The lowest BCUT2D eigenvalue weighted by Crippen LogP contribution is -1.94. The Kier molecular flexibility index (Phi) is 2.69. The van der Waals surface area contributed by atoms with E-state index in [1.54, 1.807) is 11.8 Å². The Morgan fingerprint density at radius 2 is 2.00 bits per heavy atom. The number of thioether (sulfide) groups is 1. The summed E-state index contributed by atoms with van der Waals surface area (Å²) in [5, 5.41) is 0. The fourth-order valence-electron chi connectivity index (χ4n) is 1.56. The molecule has 0 saturated carbocycles. The van der Waals surface area contributed by atoms with Crippen molar-refractivity contribution in [2.24, 2.45) is 4.99 Å². The first-order valence-corrected chi connectivity index (χ1v) is 5.80. The standard InChI is InChI=1S/C11H13NS/c1-13-10-6-4-9(5-7-10)11-3-2-8-12-11/h4-7H,2-3,8H2,1H3. The number of rotatable bonds is 2. The van der Waals surface area contributed by atoms with E-state index in [1.165, 1.54) is 22.6 Å². The zero-order chi connectivity index (χ0) is 9.10. The Balaban J connectivity index is 2.22. The van der Waals surface area contributed by atoms with Gasteiger partial charge < -0.3 is 0 Å². The third-order valence-corrected chi connectivity index (χ3v) is 3.04. The minimum Gasteiger partial charge on any atom is -0.289 e. The highest BCUT2D eigenvalue weighted by molar-refractivity contribution is 7.98. The monoisotopic (exact) mass is 191 g/mol. The Morgan fingerprint density at radius 1 is 1.23 bits per heavy atom. The summed E-state index contributed by atoms with van der Waals surface area (Å²) < 4.78 is 0. The van der Waals surface area contributed by atoms with Gasteiger partial charge in [0.25, 0.3) is 0 Å². The van der Waals surface area contributed by atoms with Crippen LogP contribution in [0, 0.1) is 0 Å². The summed E-state index contributed by atoms with van der Waals surface area (Å²) in [6.45, 7) is 1.01. The van der Waals surface area contributed by atoms with Crippen molar-refractivity contribution in [2.75, 3.05) is 12.8 Å². The largest absolute Gasteiger partial charge is 0.289 e. The van der Waals surface area contributed by atoms with E-state index in [9.17, 15) is 0 Å². The highest BCUT2D eigenvalue weighted by Crippen LogP contribution is 2.18. The van der Waals surface area contributed by atoms with Crippen LogP contribution in [0.25, 0.3) is 0 Å². The molecule has 1 aliphatic heterocycles. The lowest BCUT2D eigenvalue weighted by molar-refractivity contribution is 0.951. The Bertz CT molecular complexity index is 313. The van der Waals surface area contributed by atoms with Crippen molar-refractivity contribution in [3.05, 3.63) is 29.8 Å². The fraction of sp³-hybridized carbons (Fsp3) is 0.364. The Hall–Kier alpha value is -0.760. The van der Waals surface area contributed by atoms with Gasteiger partial charge in [-0.2, -0.15) is 0 Å². The summed E-state index contributed by atoms with van der Waals surface area (Å²) in [4.78, 5) is 5.79.